The van der Waals surface area contributed by atoms with Crippen LogP contribution in [0.4, 0.5) is 18.0 Å². The molecule has 4 nitrogen and oxygen atoms in total. The zero-order valence-corrected chi connectivity index (χ0v) is 14.2. The standard InChI is InChI=1S/C17H22F3NO3/c1-6-12-7-8-14(23-11-17(18,19)20)13(9-12)10-21(5)15(22)24-16(2,3)4/h6-9H,1,10-11H2,2-5H3. The Bertz CT molecular complexity index is 592. The summed E-state index contributed by atoms with van der Waals surface area (Å²) in [7, 11) is 1.50. The zero-order valence-electron chi connectivity index (χ0n) is 14.2. The summed E-state index contributed by atoms with van der Waals surface area (Å²) >= 11 is 0. The minimum atomic E-state index is -4.44. The number of alkyl halides is 3. The average Bonchev–Trinajstić information content (AvgIpc) is 2.43. The first-order chi connectivity index (χ1) is 10.9. The molecule has 0 spiro atoms. The van der Waals surface area contributed by atoms with Crippen molar-refractivity contribution >= 4 is 12.2 Å². The van der Waals surface area contributed by atoms with Crippen LogP contribution in [-0.2, 0) is 11.3 Å². The van der Waals surface area contributed by atoms with Crippen molar-refractivity contribution in [3.8, 4) is 5.75 Å². The Kier molecular flexibility index (Phi) is 6.29. The van der Waals surface area contributed by atoms with Gasteiger partial charge in [-0.25, -0.2) is 4.79 Å². The fourth-order valence-corrected chi connectivity index (χ4v) is 1.81. The van der Waals surface area contributed by atoms with Gasteiger partial charge in [0.25, 0.3) is 0 Å². The van der Waals surface area contributed by atoms with Gasteiger partial charge in [-0.15, -0.1) is 0 Å². The van der Waals surface area contributed by atoms with E-state index in [-0.39, 0.29) is 12.3 Å². The van der Waals surface area contributed by atoms with Gasteiger partial charge in [0.2, 0.25) is 0 Å². The summed E-state index contributed by atoms with van der Waals surface area (Å²) in [6.45, 7) is 7.46. The van der Waals surface area contributed by atoms with E-state index in [1.807, 2.05) is 0 Å². The highest BCUT2D eigenvalue weighted by atomic mass is 19.4. The van der Waals surface area contributed by atoms with Crippen LogP contribution in [0.15, 0.2) is 24.8 Å². The van der Waals surface area contributed by atoms with Gasteiger partial charge in [-0.3, -0.25) is 0 Å². The number of ether oxygens (including phenoxy) is 2. The van der Waals surface area contributed by atoms with Crippen LogP contribution >= 0.6 is 0 Å². The molecule has 0 fully saturated rings. The van der Waals surface area contributed by atoms with Gasteiger partial charge in [0.05, 0.1) is 6.54 Å². The monoisotopic (exact) mass is 345 g/mol. The van der Waals surface area contributed by atoms with Crippen LogP contribution in [0.2, 0.25) is 0 Å². The van der Waals surface area contributed by atoms with Crippen molar-refractivity contribution in [1.82, 2.24) is 4.90 Å². The lowest BCUT2D eigenvalue weighted by atomic mass is 10.1. The normalized spacial score (nSPS) is 11.8. The summed E-state index contributed by atoms with van der Waals surface area (Å²) in [6, 6.07) is 4.65. The predicted octanol–water partition coefficient (Wildman–Crippen LogP) is 4.64. The summed E-state index contributed by atoms with van der Waals surface area (Å²) in [5.74, 6) is 0.0633. The summed E-state index contributed by atoms with van der Waals surface area (Å²) in [5, 5.41) is 0. The van der Waals surface area contributed by atoms with E-state index in [9.17, 15) is 18.0 Å². The lowest BCUT2D eigenvalue weighted by Gasteiger charge is -2.25. The molecule has 1 rings (SSSR count). The smallest absolute Gasteiger partial charge is 0.422 e. The van der Waals surface area contributed by atoms with Crippen LogP contribution in [0, 0.1) is 0 Å². The maximum atomic E-state index is 12.4. The molecule has 0 heterocycles. The minimum Gasteiger partial charge on any atom is -0.484 e. The highest BCUT2D eigenvalue weighted by Crippen LogP contribution is 2.25. The first-order valence-corrected chi connectivity index (χ1v) is 7.30. The molecule has 7 heteroatoms. The van der Waals surface area contributed by atoms with E-state index in [1.165, 1.54) is 18.0 Å². The van der Waals surface area contributed by atoms with Crippen LogP contribution in [0.5, 0.6) is 5.75 Å². The third kappa shape index (κ3) is 6.93. The fraction of sp³-hybridized carbons (Fsp3) is 0.471. The number of carbonyl (C=O) groups excluding carboxylic acids is 1. The van der Waals surface area contributed by atoms with Gasteiger partial charge in [0.15, 0.2) is 6.61 Å². The molecule has 0 aliphatic heterocycles. The van der Waals surface area contributed by atoms with Gasteiger partial charge in [0, 0.05) is 12.6 Å². The van der Waals surface area contributed by atoms with E-state index < -0.39 is 24.5 Å². The molecule has 0 aliphatic rings. The topological polar surface area (TPSA) is 38.8 Å². The fourth-order valence-electron chi connectivity index (χ4n) is 1.81. The molecule has 134 valence electrons. The Hall–Kier alpha value is -2.18. The molecule has 1 amide bonds. The number of amides is 1. The summed E-state index contributed by atoms with van der Waals surface area (Å²) < 4.78 is 47.2. The Morgan fingerprint density at radius 1 is 1.29 bits per heavy atom. The molecular formula is C17H22F3NO3. The number of carbonyl (C=O) groups is 1. The maximum absolute atomic E-state index is 12.4. The van der Waals surface area contributed by atoms with E-state index in [2.05, 4.69) is 6.58 Å². The molecule has 0 bridgehead atoms. The minimum absolute atomic E-state index is 0.0454. The number of halogens is 3. The number of hydrogen-bond donors (Lipinski definition) is 0. The predicted molar refractivity (Wildman–Crippen MR) is 85.8 cm³/mol. The van der Waals surface area contributed by atoms with Crippen molar-refractivity contribution in [1.29, 1.82) is 0 Å². The number of nitrogens with zero attached hydrogens (tertiary/aromatic N) is 1. The number of benzene rings is 1. The van der Waals surface area contributed by atoms with Crippen molar-refractivity contribution in [2.75, 3.05) is 13.7 Å². The summed E-state index contributed by atoms with van der Waals surface area (Å²) in [5.41, 5.74) is 0.483. The van der Waals surface area contributed by atoms with Crippen molar-refractivity contribution in [2.45, 2.75) is 39.1 Å². The van der Waals surface area contributed by atoms with Crippen molar-refractivity contribution < 1.29 is 27.4 Å². The Morgan fingerprint density at radius 3 is 2.42 bits per heavy atom. The molecule has 0 saturated heterocycles. The van der Waals surface area contributed by atoms with Gasteiger partial charge in [0.1, 0.15) is 11.4 Å². The van der Waals surface area contributed by atoms with Gasteiger partial charge >= 0.3 is 12.3 Å². The lowest BCUT2D eigenvalue weighted by molar-refractivity contribution is -0.153. The maximum Gasteiger partial charge on any atom is 0.422 e. The van der Waals surface area contributed by atoms with Crippen LogP contribution < -0.4 is 4.74 Å². The second-order valence-electron chi connectivity index (χ2n) is 6.31. The van der Waals surface area contributed by atoms with Crippen molar-refractivity contribution in [3.63, 3.8) is 0 Å². The number of rotatable bonds is 5. The molecule has 0 atom stereocenters. The molecular weight excluding hydrogens is 323 g/mol. The van der Waals surface area contributed by atoms with Gasteiger partial charge in [-0.2, -0.15) is 13.2 Å². The molecule has 0 radical (unpaired) electrons. The van der Waals surface area contributed by atoms with E-state index in [0.717, 1.165) is 0 Å². The van der Waals surface area contributed by atoms with Crippen LogP contribution in [0.25, 0.3) is 6.08 Å². The zero-order chi connectivity index (χ0) is 18.5. The van der Waals surface area contributed by atoms with Crippen LogP contribution in [0.1, 0.15) is 31.9 Å². The third-order valence-corrected chi connectivity index (χ3v) is 2.82. The Balaban J connectivity index is 2.94. The van der Waals surface area contributed by atoms with Crippen molar-refractivity contribution in [2.24, 2.45) is 0 Å². The molecule has 1 aromatic carbocycles. The van der Waals surface area contributed by atoms with Crippen molar-refractivity contribution in [3.05, 3.63) is 35.9 Å². The van der Waals surface area contributed by atoms with E-state index in [1.54, 1.807) is 39.0 Å². The molecule has 1 aromatic rings. The summed E-state index contributed by atoms with van der Waals surface area (Å²) in [6.07, 6.45) is -3.45. The molecule has 0 aliphatic carbocycles. The molecule has 24 heavy (non-hydrogen) atoms. The second kappa shape index (κ2) is 7.59. The highest BCUT2D eigenvalue weighted by Gasteiger charge is 2.29. The molecule has 0 N–H and O–H groups in total. The molecule has 0 saturated carbocycles. The third-order valence-electron chi connectivity index (χ3n) is 2.82. The Labute approximate surface area is 139 Å². The number of hydrogen-bond acceptors (Lipinski definition) is 3. The first kappa shape index (κ1) is 19.9. The largest absolute Gasteiger partial charge is 0.484 e. The van der Waals surface area contributed by atoms with E-state index >= 15 is 0 Å². The quantitative estimate of drug-likeness (QED) is 0.780. The second-order valence-corrected chi connectivity index (χ2v) is 6.31. The Morgan fingerprint density at radius 2 is 1.92 bits per heavy atom. The first-order valence-electron chi connectivity index (χ1n) is 7.30. The molecule has 0 aromatic heterocycles. The van der Waals surface area contributed by atoms with Crippen LogP contribution in [-0.4, -0.2) is 36.4 Å². The molecule has 0 unspecified atom stereocenters. The van der Waals surface area contributed by atoms with Gasteiger partial charge < -0.3 is 14.4 Å². The summed E-state index contributed by atoms with van der Waals surface area (Å²) in [4.78, 5) is 13.3. The average molecular weight is 345 g/mol. The highest BCUT2D eigenvalue weighted by molar-refractivity contribution is 5.68. The van der Waals surface area contributed by atoms with Gasteiger partial charge in [-0.05, 0) is 38.5 Å². The lowest BCUT2D eigenvalue weighted by Crippen LogP contribution is -2.34. The van der Waals surface area contributed by atoms with Gasteiger partial charge in [-0.1, -0.05) is 18.7 Å². The van der Waals surface area contributed by atoms with E-state index in [0.29, 0.717) is 11.1 Å². The van der Waals surface area contributed by atoms with E-state index in [4.69, 9.17) is 9.47 Å². The van der Waals surface area contributed by atoms with Crippen LogP contribution in [0.3, 0.4) is 0 Å². The SMILES string of the molecule is C=Cc1ccc(OCC(F)(F)F)c(CN(C)C(=O)OC(C)(C)C)c1.